The zero-order valence-corrected chi connectivity index (χ0v) is 39.9. The van der Waals surface area contributed by atoms with Gasteiger partial charge in [0.05, 0.1) is 0 Å². The number of unbranched alkanes of at least 4 members (excludes halogenated alkanes) is 12. The van der Waals surface area contributed by atoms with Crippen LogP contribution in [0.25, 0.3) is 0 Å². The molecule has 0 spiro atoms. The van der Waals surface area contributed by atoms with Gasteiger partial charge in [-0.1, -0.05) is 77.0 Å². The molecule has 286 valence electrons. The minimum Gasteiger partial charge on any atom is -0.462 e. The lowest BCUT2D eigenvalue weighted by Crippen LogP contribution is -2.48. The van der Waals surface area contributed by atoms with E-state index < -0.39 is 51.8 Å². The first-order valence-corrected chi connectivity index (χ1v) is 36.7. The predicted octanol–water partition coefficient (Wildman–Crippen LogP) is 10.2. The lowest BCUT2D eigenvalue weighted by atomic mass is 10.1. The molecule has 0 aromatic carbocycles. The predicted molar refractivity (Wildman–Crippen MR) is 217 cm³/mol. The van der Waals surface area contributed by atoms with Gasteiger partial charge in [-0.05, 0) is 103 Å². The molecule has 0 aliphatic carbocycles. The van der Waals surface area contributed by atoms with E-state index in [1.807, 2.05) is 0 Å². The maximum absolute atomic E-state index is 12.0. The Bertz CT molecular complexity index is 787. The summed E-state index contributed by atoms with van der Waals surface area (Å²) < 4.78 is 36.0. The first-order valence-electron chi connectivity index (χ1n) is 19.3. The van der Waals surface area contributed by atoms with Crippen LogP contribution in [0.5, 0.6) is 0 Å². The summed E-state index contributed by atoms with van der Waals surface area (Å²) in [6.07, 6.45) is 16.8. The molecule has 14 heteroatoms. The average molecular weight is 784 g/mol. The maximum atomic E-state index is 12.0. The van der Waals surface area contributed by atoms with E-state index in [1.165, 1.54) is 63.5 Å². The highest BCUT2D eigenvalue weighted by molar-refractivity contribution is 6.85. The summed E-state index contributed by atoms with van der Waals surface area (Å²) in [5.41, 5.74) is 0. The van der Waals surface area contributed by atoms with E-state index >= 15 is 0 Å². The van der Waals surface area contributed by atoms with Gasteiger partial charge in [-0.3, -0.25) is 9.59 Å². The average Bonchev–Trinajstić information content (AvgIpc) is 2.90. The number of rotatable bonds is 31. The number of esters is 2. The molecule has 0 atom stereocenters. The molecular weight excluding hydrogens is 705 g/mol. The van der Waals surface area contributed by atoms with E-state index in [4.69, 9.17) is 25.9 Å². The van der Waals surface area contributed by atoms with Crippen molar-refractivity contribution in [3.8, 4) is 0 Å². The van der Waals surface area contributed by atoms with Gasteiger partial charge in [-0.15, -0.1) is 0 Å². The Morgan fingerprint density at radius 3 is 1.00 bits per heavy atom. The molecule has 0 amide bonds. The van der Waals surface area contributed by atoms with Crippen molar-refractivity contribution >= 4 is 63.8 Å². The Hall–Kier alpha value is 0.0813. The minimum atomic E-state index is -1.98. The van der Waals surface area contributed by atoms with Gasteiger partial charge in [0.15, 0.2) is 34.7 Å². The van der Waals surface area contributed by atoms with Gasteiger partial charge in [-0.25, -0.2) is 0 Å². The first kappa shape index (κ1) is 48.1. The van der Waals surface area contributed by atoms with Gasteiger partial charge in [0.25, 0.3) is 0 Å². The van der Waals surface area contributed by atoms with Gasteiger partial charge >= 0.3 is 29.1 Å². The molecule has 0 N–H and O–H groups in total. The van der Waals surface area contributed by atoms with Crippen molar-refractivity contribution in [1.29, 1.82) is 0 Å². The van der Waals surface area contributed by atoms with E-state index in [2.05, 4.69) is 78.6 Å². The second-order valence-corrected chi connectivity index (χ2v) is 37.6. The van der Waals surface area contributed by atoms with E-state index in [-0.39, 0.29) is 25.2 Å². The van der Waals surface area contributed by atoms with E-state index in [9.17, 15) is 9.59 Å². The van der Waals surface area contributed by atoms with Crippen molar-refractivity contribution in [3.63, 3.8) is 0 Å². The van der Waals surface area contributed by atoms with Crippen molar-refractivity contribution < 1.29 is 35.5 Å². The molecule has 0 rings (SSSR count). The zero-order valence-electron chi connectivity index (χ0n) is 33.6. The molecule has 0 saturated heterocycles. The molecule has 0 aromatic heterocycles. The summed E-state index contributed by atoms with van der Waals surface area (Å²) in [4.78, 5) is 24.0. The molecule has 0 bridgehead atoms. The topological polar surface area (TPSA) is 89.5 Å². The lowest BCUT2D eigenvalue weighted by Gasteiger charge is -2.34. The second-order valence-electron chi connectivity index (χ2n) is 16.2. The molecule has 48 heavy (non-hydrogen) atoms. The van der Waals surface area contributed by atoms with E-state index in [0.717, 1.165) is 38.5 Å². The van der Waals surface area contributed by atoms with Gasteiger partial charge < -0.3 is 25.9 Å². The molecule has 8 nitrogen and oxygen atoms in total. The molecule has 0 radical (unpaired) electrons. The van der Waals surface area contributed by atoms with Crippen molar-refractivity contribution in [3.05, 3.63) is 0 Å². The Balaban J connectivity index is 3.66. The van der Waals surface area contributed by atoms with Crippen molar-refractivity contribution in [1.82, 2.24) is 0 Å². The summed E-state index contributed by atoms with van der Waals surface area (Å²) >= 11 is 0. The number of hydrogen-bond donors (Lipinski definition) is 0. The van der Waals surface area contributed by atoms with Gasteiger partial charge in [0.1, 0.15) is 13.2 Å². The third kappa shape index (κ3) is 30.9. The summed E-state index contributed by atoms with van der Waals surface area (Å²) in [6, 6.07) is 2.39. The van der Waals surface area contributed by atoms with Crippen molar-refractivity contribution in [2.24, 2.45) is 0 Å². The molecule has 0 fully saturated rings. The third-order valence-corrected chi connectivity index (χ3v) is 27.8. The fraction of sp³-hybridized carbons (Fsp3) is 0.941. The number of ether oxygens (including phenoxy) is 2. The molecule has 0 heterocycles. The molecule has 0 unspecified atom stereocenters. The highest BCUT2D eigenvalue weighted by atomic mass is 28.5. The Labute approximate surface area is 304 Å². The van der Waals surface area contributed by atoms with Crippen LogP contribution in [-0.2, 0) is 35.5 Å². The summed E-state index contributed by atoms with van der Waals surface area (Å²) in [6.45, 7) is 27.3. The second kappa shape index (κ2) is 25.9. The van der Waals surface area contributed by atoms with Crippen LogP contribution in [0.15, 0.2) is 0 Å². The Kier molecular flexibility index (Phi) is 26.0. The molecular formula is C34H78O8Si6. The fourth-order valence-corrected chi connectivity index (χ4v) is 30.5. The van der Waals surface area contributed by atoms with Crippen LogP contribution in [0.3, 0.4) is 0 Å². The highest BCUT2D eigenvalue weighted by Gasteiger charge is 2.35. The van der Waals surface area contributed by atoms with Gasteiger partial charge in [-0.2, -0.15) is 0 Å². The Morgan fingerprint density at radius 2 is 0.708 bits per heavy atom. The smallest absolute Gasteiger partial charge is 0.310 e. The van der Waals surface area contributed by atoms with Crippen LogP contribution in [0.4, 0.5) is 0 Å². The molecule has 0 aromatic rings. The SMILES string of the molecule is C[SiH](C)O[Si](C)(C)O[Si](C)(C)CCCCCCCCCC(=O)OCCOC(=O)CCCCCCCCC[Si](C)(C)O[Si](C)(C)O[SiH](C)C. The monoisotopic (exact) mass is 782 g/mol. The standard InChI is InChI=1S/C34H78O8Si6/c1-43(2)39-47(9,10)41-45(5,6)31-25-21-17-13-15-19-23-27-33(35)37-29-30-38-34(36)28-24-20-16-14-18-22-26-32-46(7,8)42-48(11,12)40-44(3)4/h43-44H,13-32H2,1-12H3. The molecule has 0 aliphatic heterocycles. The number of carbonyl (C=O) groups excluding carboxylic acids is 2. The van der Waals surface area contributed by atoms with E-state index in [1.54, 1.807) is 0 Å². The van der Waals surface area contributed by atoms with Crippen LogP contribution in [0, 0.1) is 0 Å². The van der Waals surface area contributed by atoms with Gasteiger partial charge in [0.2, 0.25) is 0 Å². The normalized spacial score (nSPS) is 13.0. The van der Waals surface area contributed by atoms with Crippen LogP contribution < -0.4 is 0 Å². The quantitative estimate of drug-likeness (QED) is 0.0390. The number of carbonyl (C=O) groups is 2. The summed E-state index contributed by atoms with van der Waals surface area (Å²) in [7, 11) is -9.42. The lowest BCUT2D eigenvalue weighted by molar-refractivity contribution is -0.152. The van der Waals surface area contributed by atoms with Crippen LogP contribution in [0.1, 0.15) is 103 Å². The fourth-order valence-electron chi connectivity index (χ4n) is 6.48. The highest BCUT2D eigenvalue weighted by Crippen LogP contribution is 2.24. The zero-order chi connectivity index (χ0) is 36.7. The largest absolute Gasteiger partial charge is 0.462 e. The van der Waals surface area contributed by atoms with Crippen LogP contribution in [-0.4, -0.2) is 77.0 Å². The molecule has 0 aliphatic rings. The first-order chi connectivity index (χ1) is 22.2. The van der Waals surface area contributed by atoms with Crippen LogP contribution in [0.2, 0.25) is 90.7 Å². The summed E-state index contributed by atoms with van der Waals surface area (Å²) in [5.74, 6) is -0.390. The van der Waals surface area contributed by atoms with Crippen molar-refractivity contribution in [2.75, 3.05) is 13.2 Å². The van der Waals surface area contributed by atoms with Crippen molar-refractivity contribution in [2.45, 2.75) is 193 Å². The Morgan fingerprint density at radius 1 is 0.438 bits per heavy atom. The molecule has 0 saturated carbocycles. The maximum Gasteiger partial charge on any atom is 0.310 e. The van der Waals surface area contributed by atoms with Gasteiger partial charge in [0, 0.05) is 12.8 Å². The van der Waals surface area contributed by atoms with Crippen LogP contribution >= 0.6 is 0 Å². The van der Waals surface area contributed by atoms with E-state index in [0.29, 0.717) is 12.8 Å². The third-order valence-electron chi connectivity index (χ3n) is 8.01. The summed E-state index contributed by atoms with van der Waals surface area (Å²) in [5, 5.41) is 0. The minimum absolute atomic E-state index is 0.149. The number of hydrogen-bond acceptors (Lipinski definition) is 8.